The van der Waals surface area contributed by atoms with E-state index in [1.54, 1.807) is 12.1 Å². The van der Waals surface area contributed by atoms with Crippen molar-refractivity contribution in [2.24, 2.45) is 11.8 Å². The Morgan fingerprint density at radius 1 is 1.33 bits per heavy atom. The topological polar surface area (TPSA) is 69.6 Å². The molecule has 6 heteroatoms. The van der Waals surface area contributed by atoms with Gasteiger partial charge in [-0.05, 0) is 43.0 Å². The number of amides is 1. The average Bonchev–Trinajstić information content (AvgIpc) is 2.53. The number of likely N-dealkylation sites (tertiary alicyclic amines) is 1. The molecule has 1 aliphatic rings. The SMILES string of the molecule is CC(C)C(NC(=O)CN1CCCC(C(=O)O)C1)c1ccc(F)cc1. The first-order chi connectivity index (χ1) is 11.4. The Morgan fingerprint density at radius 2 is 2.00 bits per heavy atom. The number of halogens is 1. The average molecular weight is 336 g/mol. The molecule has 2 N–H and O–H groups in total. The van der Waals surface area contributed by atoms with Crippen LogP contribution in [0.15, 0.2) is 24.3 Å². The Kier molecular flexibility index (Phi) is 6.31. The van der Waals surface area contributed by atoms with Gasteiger partial charge >= 0.3 is 5.97 Å². The number of piperidine rings is 1. The molecule has 1 aliphatic heterocycles. The summed E-state index contributed by atoms with van der Waals surface area (Å²) in [5.41, 5.74) is 0.863. The number of hydrogen-bond acceptors (Lipinski definition) is 3. The summed E-state index contributed by atoms with van der Waals surface area (Å²) < 4.78 is 13.1. The van der Waals surface area contributed by atoms with Crippen LogP contribution in [0.1, 0.15) is 38.3 Å². The van der Waals surface area contributed by atoms with Crippen molar-refractivity contribution in [3.05, 3.63) is 35.6 Å². The lowest BCUT2D eigenvalue weighted by Gasteiger charge is -2.31. The number of carbonyl (C=O) groups is 2. The van der Waals surface area contributed by atoms with Crippen LogP contribution in [0.2, 0.25) is 0 Å². The van der Waals surface area contributed by atoms with Gasteiger partial charge in [-0.2, -0.15) is 0 Å². The monoisotopic (exact) mass is 336 g/mol. The maximum atomic E-state index is 13.1. The smallest absolute Gasteiger partial charge is 0.307 e. The minimum absolute atomic E-state index is 0.135. The van der Waals surface area contributed by atoms with E-state index in [2.05, 4.69) is 5.32 Å². The predicted molar refractivity (Wildman–Crippen MR) is 88.9 cm³/mol. The summed E-state index contributed by atoms with van der Waals surface area (Å²) in [6.45, 7) is 5.32. The van der Waals surface area contributed by atoms with Crippen LogP contribution >= 0.6 is 0 Å². The van der Waals surface area contributed by atoms with E-state index in [1.165, 1.54) is 12.1 Å². The van der Waals surface area contributed by atoms with Gasteiger partial charge in [0.25, 0.3) is 0 Å². The van der Waals surface area contributed by atoms with E-state index in [0.717, 1.165) is 18.5 Å². The third-order valence-corrected chi connectivity index (χ3v) is 4.43. The highest BCUT2D eigenvalue weighted by Crippen LogP contribution is 2.22. The van der Waals surface area contributed by atoms with Crippen molar-refractivity contribution >= 4 is 11.9 Å². The van der Waals surface area contributed by atoms with E-state index in [1.807, 2.05) is 18.7 Å². The van der Waals surface area contributed by atoms with Crippen molar-refractivity contribution in [1.82, 2.24) is 10.2 Å². The van der Waals surface area contributed by atoms with E-state index in [9.17, 15) is 14.0 Å². The summed E-state index contributed by atoms with van der Waals surface area (Å²) in [5, 5.41) is 12.1. The molecule has 0 saturated carbocycles. The Balaban J connectivity index is 1.95. The molecule has 1 heterocycles. The third-order valence-electron chi connectivity index (χ3n) is 4.43. The fourth-order valence-corrected chi connectivity index (χ4v) is 3.13. The standard InChI is InChI=1S/C18H25FN2O3/c1-12(2)17(13-5-7-15(19)8-6-13)20-16(22)11-21-9-3-4-14(10-21)18(23)24/h5-8,12,14,17H,3-4,9-11H2,1-2H3,(H,20,22)(H,23,24). The lowest BCUT2D eigenvalue weighted by Crippen LogP contribution is -2.45. The fraction of sp³-hybridized carbons (Fsp3) is 0.556. The summed E-state index contributed by atoms with van der Waals surface area (Å²) in [6, 6.07) is 5.94. The van der Waals surface area contributed by atoms with Crippen molar-refractivity contribution < 1.29 is 19.1 Å². The second-order valence-corrected chi connectivity index (χ2v) is 6.75. The highest BCUT2D eigenvalue weighted by molar-refractivity contribution is 5.78. The van der Waals surface area contributed by atoms with Gasteiger partial charge in [-0.1, -0.05) is 26.0 Å². The summed E-state index contributed by atoms with van der Waals surface area (Å²) in [5.74, 6) is -1.48. The van der Waals surface area contributed by atoms with Gasteiger partial charge in [0.05, 0.1) is 18.5 Å². The molecule has 2 atom stereocenters. The van der Waals surface area contributed by atoms with Crippen LogP contribution in [0.5, 0.6) is 0 Å². The Morgan fingerprint density at radius 3 is 2.58 bits per heavy atom. The zero-order valence-corrected chi connectivity index (χ0v) is 14.2. The molecule has 0 spiro atoms. The number of carboxylic acid groups (broad SMARTS) is 1. The Hall–Kier alpha value is -1.95. The highest BCUT2D eigenvalue weighted by atomic mass is 19.1. The van der Waals surface area contributed by atoms with Gasteiger partial charge in [0.1, 0.15) is 5.82 Å². The minimum Gasteiger partial charge on any atom is -0.481 e. The van der Waals surface area contributed by atoms with Crippen molar-refractivity contribution in [2.75, 3.05) is 19.6 Å². The number of carboxylic acids is 1. The van der Waals surface area contributed by atoms with Crippen LogP contribution in [-0.2, 0) is 9.59 Å². The second-order valence-electron chi connectivity index (χ2n) is 6.75. The number of carbonyl (C=O) groups excluding carboxylic acids is 1. The minimum atomic E-state index is -0.800. The first-order valence-electron chi connectivity index (χ1n) is 8.36. The number of rotatable bonds is 6. The number of benzene rings is 1. The molecule has 2 rings (SSSR count). The molecule has 1 amide bonds. The van der Waals surface area contributed by atoms with Crippen LogP contribution in [-0.4, -0.2) is 41.5 Å². The predicted octanol–water partition coefficient (Wildman–Crippen LogP) is 2.44. The van der Waals surface area contributed by atoms with Crippen molar-refractivity contribution in [1.29, 1.82) is 0 Å². The molecule has 0 aliphatic carbocycles. The molecule has 1 saturated heterocycles. The van der Waals surface area contributed by atoms with Gasteiger partial charge in [-0.15, -0.1) is 0 Å². The van der Waals surface area contributed by atoms with Crippen LogP contribution in [0.3, 0.4) is 0 Å². The quantitative estimate of drug-likeness (QED) is 0.837. The fourth-order valence-electron chi connectivity index (χ4n) is 3.13. The normalized spacial score (nSPS) is 19.9. The van der Waals surface area contributed by atoms with Crippen LogP contribution in [0.25, 0.3) is 0 Å². The number of nitrogens with zero attached hydrogens (tertiary/aromatic N) is 1. The van der Waals surface area contributed by atoms with E-state index in [0.29, 0.717) is 13.0 Å². The zero-order valence-electron chi connectivity index (χ0n) is 14.2. The molecule has 2 unspecified atom stereocenters. The van der Waals surface area contributed by atoms with E-state index in [4.69, 9.17) is 5.11 Å². The van der Waals surface area contributed by atoms with Crippen LogP contribution < -0.4 is 5.32 Å². The second kappa shape index (κ2) is 8.24. The first-order valence-corrected chi connectivity index (χ1v) is 8.36. The molecule has 5 nitrogen and oxygen atoms in total. The third kappa shape index (κ3) is 5.03. The molecule has 0 radical (unpaired) electrons. The largest absolute Gasteiger partial charge is 0.481 e. The molecule has 1 aromatic carbocycles. The maximum absolute atomic E-state index is 13.1. The summed E-state index contributed by atoms with van der Waals surface area (Å²) in [7, 11) is 0. The number of nitrogens with one attached hydrogen (secondary N) is 1. The number of aliphatic carboxylic acids is 1. The summed E-state index contributed by atoms with van der Waals surface area (Å²) >= 11 is 0. The van der Waals surface area contributed by atoms with Gasteiger partial charge in [0.15, 0.2) is 0 Å². The van der Waals surface area contributed by atoms with Gasteiger partial charge in [-0.3, -0.25) is 14.5 Å². The van der Waals surface area contributed by atoms with Gasteiger partial charge in [0, 0.05) is 6.54 Å². The highest BCUT2D eigenvalue weighted by Gasteiger charge is 2.27. The Labute approximate surface area is 141 Å². The van der Waals surface area contributed by atoms with Crippen molar-refractivity contribution in [2.45, 2.75) is 32.7 Å². The van der Waals surface area contributed by atoms with Crippen LogP contribution in [0.4, 0.5) is 4.39 Å². The van der Waals surface area contributed by atoms with E-state index >= 15 is 0 Å². The first kappa shape index (κ1) is 18.4. The van der Waals surface area contributed by atoms with Gasteiger partial charge < -0.3 is 10.4 Å². The van der Waals surface area contributed by atoms with Gasteiger partial charge in [-0.25, -0.2) is 4.39 Å². The molecule has 1 aromatic rings. The van der Waals surface area contributed by atoms with Crippen LogP contribution in [0, 0.1) is 17.7 Å². The van der Waals surface area contributed by atoms with E-state index in [-0.39, 0.29) is 30.2 Å². The molecule has 132 valence electrons. The summed E-state index contributed by atoms with van der Waals surface area (Å²) in [4.78, 5) is 25.4. The van der Waals surface area contributed by atoms with Crippen molar-refractivity contribution in [3.8, 4) is 0 Å². The number of hydrogen-bond donors (Lipinski definition) is 2. The Bertz CT molecular complexity index is 574. The molecule has 0 bridgehead atoms. The van der Waals surface area contributed by atoms with Gasteiger partial charge in [0.2, 0.25) is 5.91 Å². The zero-order chi connectivity index (χ0) is 17.7. The molecular weight excluding hydrogens is 311 g/mol. The summed E-state index contributed by atoms with van der Waals surface area (Å²) in [6.07, 6.45) is 1.45. The molecular formula is C18H25FN2O3. The molecule has 24 heavy (non-hydrogen) atoms. The lowest BCUT2D eigenvalue weighted by molar-refractivity contribution is -0.144. The van der Waals surface area contributed by atoms with E-state index < -0.39 is 11.9 Å². The maximum Gasteiger partial charge on any atom is 0.307 e. The molecule has 1 fully saturated rings. The molecule has 0 aromatic heterocycles. The van der Waals surface area contributed by atoms with Crippen molar-refractivity contribution in [3.63, 3.8) is 0 Å². The lowest BCUT2D eigenvalue weighted by atomic mass is 9.95.